The van der Waals surface area contributed by atoms with E-state index in [0.717, 1.165) is 44.6 Å². The van der Waals surface area contributed by atoms with Crippen LogP contribution in [0.5, 0.6) is 0 Å². The van der Waals surface area contributed by atoms with E-state index in [-0.39, 0.29) is 29.4 Å². The zero-order valence-electron chi connectivity index (χ0n) is 15.8. The summed E-state index contributed by atoms with van der Waals surface area (Å²) in [5, 5.41) is 8.61. The number of halogens is 1. The summed E-state index contributed by atoms with van der Waals surface area (Å²) < 4.78 is 1.85. The Morgan fingerprint density at radius 2 is 2.11 bits per heavy atom. The molecule has 2 aromatic rings. The Morgan fingerprint density at radius 3 is 3.00 bits per heavy atom. The number of thiophene rings is 1. The molecule has 3 aliphatic rings. The third-order valence-electron chi connectivity index (χ3n) is 6.34. The van der Waals surface area contributed by atoms with Crippen molar-refractivity contribution in [3.8, 4) is 0 Å². The van der Waals surface area contributed by atoms with Gasteiger partial charge in [-0.15, -0.1) is 23.7 Å². The second-order valence-electron chi connectivity index (χ2n) is 8.10. The van der Waals surface area contributed by atoms with Crippen molar-refractivity contribution in [1.82, 2.24) is 15.2 Å². The van der Waals surface area contributed by atoms with E-state index >= 15 is 0 Å². The maximum absolute atomic E-state index is 13.0. The molecule has 0 radical (unpaired) electrons. The summed E-state index contributed by atoms with van der Waals surface area (Å²) in [4.78, 5) is 27.2. The minimum atomic E-state index is -0.250. The lowest BCUT2D eigenvalue weighted by molar-refractivity contribution is 0.0948. The fourth-order valence-corrected chi connectivity index (χ4v) is 6.09. The van der Waals surface area contributed by atoms with E-state index in [1.54, 1.807) is 6.07 Å². The minimum Gasteiger partial charge on any atom is -0.348 e. The van der Waals surface area contributed by atoms with E-state index in [9.17, 15) is 9.59 Å². The number of aryl methyl sites for hydroxylation is 1. The smallest absolute Gasteiger partial charge is 0.263 e. The zero-order valence-corrected chi connectivity index (χ0v) is 17.5. The first-order valence-electron chi connectivity index (χ1n) is 10.0. The number of fused-ring (bicyclic) bond motifs is 5. The number of pyridine rings is 1. The van der Waals surface area contributed by atoms with Crippen molar-refractivity contribution in [3.63, 3.8) is 0 Å². The molecule has 5 nitrogen and oxygen atoms in total. The van der Waals surface area contributed by atoms with Crippen molar-refractivity contribution >= 4 is 29.7 Å². The Morgan fingerprint density at radius 1 is 1.25 bits per heavy atom. The summed E-state index contributed by atoms with van der Waals surface area (Å²) in [5.41, 5.74) is 3.87. The molecule has 1 fully saturated rings. The van der Waals surface area contributed by atoms with Crippen LogP contribution in [0.25, 0.3) is 0 Å². The summed E-state index contributed by atoms with van der Waals surface area (Å²) in [5.74, 6) is 0.629. The molecule has 2 aliphatic heterocycles. The summed E-state index contributed by atoms with van der Waals surface area (Å²) in [6, 6.07) is 3.71. The molecule has 28 heavy (non-hydrogen) atoms. The third kappa shape index (κ3) is 3.42. The van der Waals surface area contributed by atoms with Crippen LogP contribution in [0.15, 0.2) is 22.3 Å². The van der Waals surface area contributed by atoms with Gasteiger partial charge in [-0.3, -0.25) is 9.59 Å². The van der Waals surface area contributed by atoms with Crippen molar-refractivity contribution in [2.45, 2.75) is 51.1 Å². The number of nitrogens with one attached hydrogen (secondary N) is 2. The van der Waals surface area contributed by atoms with Crippen LogP contribution >= 0.6 is 23.7 Å². The number of nitrogens with zero attached hydrogens (tertiary/aromatic N) is 1. The average molecular weight is 420 g/mol. The van der Waals surface area contributed by atoms with Crippen LogP contribution in [0.1, 0.15) is 57.2 Å². The van der Waals surface area contributed by atoms with Crippen molar-refractivity contribution < 1.29 is 4.79 Å². The Balaban J connectivity index is 0.00000192. The largest absolute Gasteiger partial charge is 0.348 e. The first kappa shape index (κ1) is 19.7. The number of carbonyl (C=O) groups excluding carboxylic acids is 1. The number of carbonyl (C=O) groups is 1. The highest BCUT2D eigenvalue weighted by Crippen LogP contribution is 2.32. The van der Waals surface area contributed by atoms with Gasteiger partial charge >= 0.3 is 0 Å². The summed E-state index contributed by atoms with van der Waals surface area (Å²) >= 11 is 1.81. The Bertz CT molecular complexity index is 952. The summed E-state index contributed by atoms with van der Waals surface area (Å²) in [6.45, 7) is 3.12. The molecule has 150 valence electrons. The number of hydrogen-bond donors (Lipinski definition) is 2. The fourth-order valence-electron chi connectivity index (χ4n) is 4.94. The van der Waals surface area contributed by atoms with Gasteiger partial charge in [-0.2, -0.15) is 0 Å². The molecular weight excluding hydrogens is 394 g/mol. The predicted octanol–water partition coefficient (Wildman–Crippen LogP) is 2.85. The Kier molecular flexibility index (Phi) is 5.63. The van der Waals surface area contributed by atoms with Gasteiger partial charge in [0, 0.05) is 36.1 Å². The molecule has 0 aromatic carbocycles. The molecule has 5 rings (SSSR count). The van der Waals surface area contributed by atoms with Gasteiger partial charge in [0.2, 0.25) is 0 Å². The minimum absolute atomic E-state index is 0. The zero-order chi connectivity index (χ0) is 18.4. The fraction of sp³-hybridized carbons (Fsp3) is 0.524. The summed E-state index contributed by atoms with van der Waals surface area (Å²) in [6.07, 6.45) is 5.91. The molecule has 2 aromatic heterocycles. The van der Waals surface area contributed by atoms with Gasteiger partial charge in [-0.1, -0.05) is 0 Å². The lowest BCUT2D eigenvalue weighted by Gasteiger charge is -2.37. The molecule has 1 aliphatic carbocycles. The SMILES string of the molecule is Cl.O=C(NCc1csc2c1CCCC2)c1ccc2n(c1=O)C[C@@H]1CNC[C@H]2C1. The van der Waals surface area contributed by atoms with Crippen LogP contribution in [-0.4, -0.2) is 23.6 Å². The lowest BCUT2D eigenvalue weighted by Crippen LogP contribution is -2.46. The molecule has 4 heterocycles. The molecule has 7 heteroatoms. The van der Waals surface area contributed by atoms with Gasteiger partial charge in [0.25, 0.3) is 11.5 Å². The lowest BCUT2D eigenvalue weighted by atomic mass is 9.84. The van der Waals surface area contributed by atoms with Crippen LogP contribution in [0.2, 0.25) is 0 Å². The first-order valence-corrected chi connectivity index (χ1v) is 10.9. The Hall–Kier alpha value is -1.63. The van der Waals surface area contributed by atoms with Gasteiger partial charge < -0.3 is 15.2 Å². The predicted molar refractivity (Wildman–Crippen MR) is 114 cm³/mol. The van der Waals surface area contributed by atoms with E-state index in [4.69, 9.17) is 0 Å². The molecule has 1 saturated heterocycles. The number of rotatable bonds is 3. The second-order valence-corrected chi connectivity index (χ2v) is 9.06. The summed E-state index contributed by atoms with van der Waals surface area (Å²) in [7, 11) is 0. The number of amides is 1. The van der Waals surface area contributed by atoms with E-state index in [1.807, 2.05) is 22.0 Å². The third-order valence-corrected chi connectivity index (χ3v) is 7.48. The Labute approximate surface area is 174 Å². The van der Waals surface area contributed by atoms with Gasteiger partial charge in [0.05, 0.1) is 0 Å². The van der Waals surface area contributed by atoms with Crippen LogP contribution in [-0.2, 0) is 25.9 Å². The van der Waals surface area contributed by atoms with Gasteiger partial charge in [-0.05, 0) is 73.2 Å². The van der Waals surface area contributed by atoms with Crippen LogP contribution in [0.4, 0.5) is 0 Å². The van der Waals surface area contributed by atoms with E-state index in [2.05, 4.69) is 16.0 Å². The van der Waals surface area contributed by atoms with Crippen molar-refractivity contribution in [3.05, 3.63) is 55.1 Å². The molecule has 0 unspecified atom stereocenters. The molecule has 2 atom stereocenters. The molecule has 0 saturated carbocycles. The van der Waals surface area contributed by atoms with Crippen molar-refractivity contribution in [1.29, 1.82) is 0 Å². The number of hydrogen-bond acceptors (Lipinski definition) is 4. The second kappa shape index (κ2) is 8.01. The molecule has 1 amide bonds. The standard InChI is InChI=1S/C21H25N3O2S.ClH/c25-20(23-10-15-12-27-19-4-2-1-3-16(15)19)17-5-6-18-14-7-13(8-22-9-14)11-24(18)21(17)26;/h5-6,12-14,22H,1-4,7-11H2,(H,23,25);1H/t13-,14+;/m0./s1. The topological polar surface area (TPSA) is 63.1 Å². The average Bonchev–Trinajstić information content (AvgIpc) is 3.10. The molecule has 0 spiro atoms. The molecular formula is C21H26ClN3O2S. The van der Waals surface area contributed by atoms with E-state index in [0.29, 0.717) is 18.4 Å². The molecule has 2 N–H and O–H groups in total. The van der Waals surface area contributed by atoms with Gasteiger partial charge in [-0.25, -0.2) is 0 Å². The maximum Gasteiger partial charge on any atom is 0.263 e. The van der Waals surface area contributed by atoms with E-state index in [1.165, 1.54) is 28.8 Å². The monoisotopic (exact) mass is 419 g/mol. The van der Waals surface area contributed by atoms with Gasteiger partial charge in [0.15, 0.2) is 0 Å². The van der Waals surface area contributed by atoms with Crippen molar-refractivity contribution in [2.75, 3.05) is 13.1 Å². The highest BCUT2D eigenvalue weighted by Gasteiger charge is 2.31. The maximum atomic E-state index is 13.0. The highest BCUT2D eigenvalue weighted by atomic mass is 35.5. The van der Waals surface area contributed by atoms with Gasteiger partial charge in [0.1, 0.15) is 5.56 Å². The normalized spacial score (nSPS) is 22.6. The van der Waals surface area contributed by atoms with E-state index < -0.39 is 0 Å². The van der Waals surface area contributed by atoms with Crippen LogP contribution in [0, 0.1) is 5.92 Å². The quantitative estimate of drug-likeness (QED) is 0.804. The van der Waals surface area contributed by atoms with Crippen molar-refractivity contribution in [2.24, 2.45) is 5.92 Å². The van der Waals surface area contributed by atoms with Crippen LogP contribution in [0.3, 0.4) is 0 Å². The highest BCUT2D eigenvalue weighted by molar-refractivity contribution is 7.10. The van der Waals surface area contributed by atoms with Crippen LogP contribution < -0.4 is 16.2 Å². The number of piperidine rings is 1. The first-order chi connectivity index (χ1) is 13.2. The number of aromatic nitrogens is 1. The molecule has 2 bridgehead atoms.